The lowest BCUT2D eigenvalue weighted by molar-refractivity contribution is -0.140. The predicted octanol–water partition coefficient (Wildman–Crippen LogP) is 2.79. The number of rotatable bonds is 6. The third-order valence-corrected chi connectivity index (χ3v) is 3.55. The molecular formula is C13H18O3S. The lowest BCUT2D eigenvalue weighted by atomic mass is 10.1. The molecule has 1 rings (SSSR count). The van der Waals surface area contributed by atoms with Crippen molar-refractivity contribution in [1.29, 1.82) is 0 Å². The van der Waals surface area contributed by atoms with Gasteiger partial charge in [0.2, 0.25) is 0 Å². The lowest BCUT2D eigenvalue weighted by Crippen LogP contribution is -2.02. The van der Waals surface area contributed by atoms with Crippen LogP contribution in [0.25, 0.3) is 0 Å². The first-order valence-electron chi connectivity index (χ1n) is 5.65. The van der Waals surface area contributed by atoms with Gasteiger partial charge in [-0.05, 0) is 18.1 Å². The average molecular weight is 254 g/mol. The Labute approximate surface area is 106 Å². The van der Waals surface area contributed by atoms with Crippen LogP contribution in [0.3, 0.4) is 0 Å². The van der Waals surface area contributed by atoms with Gasteiger partial charge in [0.1, 0.15) is 0 Å². The molecule has 0 saturated heterocycles. The number of esters is 1. The molecule has 1 aromatic carbocycles. The molecule has 94 valence electrons. The summed E-state index contributed by atoms with van der Waals surface area (Å²) in [6, 6.07) is 7.75. The van der Waals surface area contributed by atoms with Gasteiger partial charge in [-0.15, -0.1) is 11.8 Å². The highest BCUT2D eigenvalue weighted by Gasteiger charge is 2.10. The van der Waals surface area contributed by atoms with E-state index >= 15 is 0 Å². The van der Waals surface area contributed by atoms with Gasteiger partial charge in [0.15, 0.2) is 0 Å². The second-order valence-corrected chi connectivity index (χ2v) is 4.77. The van der Waals surface area contributed by atoms with E-state index in [0.717, 1.165) is 10.5 Å². The third kappa shape index (κ3) is 4.40. The van der Waals surface area contributed by atoms with Crippen LogP contribution in [0, 0.1) is 0 Å². The van der Waals surface area contributed by atoms with E-state index in [-0.39, 0.29) is 5.97 Å². The Bertz CT molecular complexity index is 365. The number of carbonyl (C=O) groups is 1. The Morgan fingerprint density at radius 1 is 1.47 bits per heavy atom. The number of aliphatic hydroxyl groups excluding tert-OH is 1. The van der Waals surface area contributed by atoms with Gasteiger partial charge in [-0.3, -0.25) is 4.79 Å². The number of thioether (sulfide) groups is 1. The summed E-state index contributed by atoms with van der Waals surface area (Å²) in [5.74, 6) is 0.464. The summed E-state index contributed by atoms with van der Waals surface area (Å²) in [4.78, 5) is 12.0. The number of methoxy groups -OCH3 is 1. The average Bonchev–Trinajstić information content (AvgIpc) is 2.38. The molecule has 0 radical (unpaired) electrons. The lowest BCUT2D eigenvalue weighted by Gasteiger charge is -2.13. The van der Waals surface area contributed by atoms with Crippen LogP contribution < -0.4 is 0 Å². The van der Waals surface area contributed by atoms with E-state index in [0.29, 0.717) is 18.6 Å². The maximum absolute atomic E-state index is 11.0. The number of aliphatic hydroxyl groups is 1. The minimum atomic E-state index is -0.433. The van der Waals surface area contributed by atoms with Crippen LogP contribution in [0.15, 0.2) is 29.2 Å². The van der Waals surface area contributed by atoms with Crippen LogP contribution in [-0.4, -0.2) is 23.9 Å². The predicted molar refractivity (Wildman–Crippen MR) is 69.0 cm³/mol. The highest BCUT2D eigenvalue weighted by molar-refractivity contribution is 7.99. The topological polar surface area (TPSA) is 46.5 Å². The molecule has 3 nitrogen and oxygen atoms in total. The fourth-order valence-electron chi connectivity index (χ4n) is 1.45. The largest absolute Gasteiger partial charge is 0.469 e. The SMILES string of the molecule is CC[C@H](O)c1ccccc1SCCC(=O)OC. The molecule has 17 heavy (non-hydrogen) atoms. The summed E-state index contributed by atoms with van der Waals surface area (Å²) in [6.07, 6.45) is 0.642. The van der Waals surface area contributed by atoms with Crippen LogP contribution in [-0.2, 0) is 9.53 Å². The molecule has 0 aliphatic rings. The zero-order chi connectivity index (χ0) is 12.7. The molecule has 4 heteroatoms. The Balaban J connectivity index is 2.61. The summed E-state index contributed by atoms with van der Waals surface area (Å²) >= 11 is 1.57. The van der Waals surface area contributed by atoms with Gasteiger partial charge in [0.05, 0.1) is 19.6 Å². The molecule has 0 amide bonds. The van der Waals surface area contributed by atoms with E-state index in [2.05, 4.69) is 4.74 Å². The zero-order valence-electron chi connectivity index (χ0n) is 10.2. The van der Waals surface area contributed by atoms with Gasteiger partial charge < -0.3 is 9.84 Å². The molecule has 0 heterocycles. The Morgan fingerprint density at radius 2 is 2.18 bits per heavy atom. The molecule has 0 saturated carbocycles. The summed E-state index contributed by atoms with van der Waals surface area (Å²) in [7, 11) is 1.39. The van der Waals surface area contributed by atoms with E-state index in [1.807, 2.05) is 31.2 Å². The fraction of sp³-hybridized carbons (Fsp3) is 0.462. The van der Waals surface area contributed by atoms with Crippen molar-refractivity contribution in [2.45, 2.75) is 30.8 Å². The van der Waals surface area contributed by atoms with Crippen LogP contribution in [0.2, 0.25) is 0 Å². The van der Waals surface area contributed by atoms with Crippen LogP contribution >= 0.6 is 11.8 Å². The molecule has 0 aromatic heterocycles. The van der Waals surface area contributed by atoms with E-state index < -0.39 is 6.10 Å². The monoisotopic (exact) mass is 254 g/mol. The van der Waals surface area contributed by atoms with E-state index in [1.165, 1.54) is 7.11 Å². The molecule has 0 unspecified atom stereocenters. The van der Waals surface area contributed by atoms with E-state index in [4.69, 9.17) is 0 Å². The van der Waals surface area contributed by atoms with Crippen molar-refractivity contribution < 1.29 is 14.6 Å². The first kappa shape index (κ1) is 14.1. The van der Waals surface area contributed by atoms with E-state index in [1.54, 1.807) is 11.8 Å². The minimum absolute atomic E-state index is 0.203. The molecule has 1 atom stereocenters. The van der Waals surface area contributed by atoms with Crippen molar-refractivity contribution in [3.05, 3.63) is 29.8 Å². The first-order valence-corrected chi connectivity index (χ1v) is 6.64. The maximum Gasteiger partial charge on any atom is 0.306 e. The first-order chi connectivity index (χ1) is 8.19. The number of hydrogen-bond donors (Lipinski definition) is 1. The van der Waals surface area contributed by atoms with Gasteiger partial charge in [-0.25, -0.2) is 0 Å². The Morgan fingerprint density at radius 3 is 2.82 bits per heavy atom. The van der Waals surface area contributed by atoms with Gasteiger partial charge in [-0.1, -0.05) is 25.1 Å². The van der Waals surface area contributed by atoms with Gasteiger partial charge in [-0.2, -0.15) is 0 Å². The molecule has 0 aliphatic heterocycles. The minimum Gasteiger partial charge on any atom is -0.469 e. The summed E-state index contributed by atoms with van der Waals surface area (Å²) in [6.45, 7) is 1.95. The quantitative estimate of drug-likeness (QED) is 0.626. The van der Waals surface area contributed by atoms with Crippen molar-refractivity contribution in [2.75, 3.05) is 12.9 Å². The van der Waals surface area contributed by atoms with Crippen LogP contribution in [0.5, 0.6) is 0 Å². The normalized spacial score (nSPS) is 12.2. The molecule has 1 aromatic rings. The van der Waals surface area contributed by atoms with Crippen molar-refractivity contribution >= 4 is 17.7 Å². The zero-order valence-corrected chi connectivity index (χ0v) is 11.0. The summed E-state index contributed by atoms with van der Waals surface area (Å²) in [5.41, 5.74) is 0.935. The van der Waals surface area contributed by atoms with Crippen molar-refractivity contribution in [2.24, 2.45) is 0 Å². The van der Waals surface area contributed by atoms with Crippen LogP contribution in [0.4, 0.5) is 0 Å². The second-order valence-electron chi connectivity index (χ2n) is 3.64. The molecule has 0 fully saturated rings. The smallest absolute Gasteiger partial charge is 0.306 e. The fourth-order valence-corrected chi connectivity index (χ4v) is 2.49. The second kappa shape index (κ2) is 7.35. The van der Waals surface area contributed by atoms with Crippen molar-refractivity contribution in [3.8, 4) is 0 Å². The standard InChI is InChI=1S/C13H18O3S/c1-3-11(14)10-6-4-5-7-12(10)17-9-8-13(15)16-2/h4-7,11,14H,3,8-9H2,1-2H3/t11-/m0/s1. The Hall–Kier alpha value is -1.00. The third-order valence-electron chi connectivity index (χ3n) is 2.46. The number of carbonyl (C=O) groups excluding carboxylic acids is 1. The number of ether oxygens (including phenoxy) is 1. The van der Waals surface area contributed by atoms with Gasteiger partial charge in [0, 0.05) is 10.6 Å². The number of hydrogen-bond acceptors (Lipinski definition) is 4. The molecule has 1 N–H and O–H groups in total. The molecule has 0 bridgehead atoms. The van der Waals surface area contributed by atoms with Gasteiger partial charge in [0.25, 0.3) is 0 Å². The number of benzene rings is 1. The van der Waals surface area contributed by atoms with Crippen molar-refractivity contribution in [3.63, 3.8) is 0 Å². The van der Waals surface area contributed by atoms with E-state index in [9.17, 15) is 9.90 Å². The molecular weight excluding hydrogens is 236 g/mol. The highest BCUT2D eigenvalue weighted by Crippen LogP contribution is 2.29. The summed E-state index contributed by atoms with van der Waals surface area (Å²) < 4.78 is 4.59. The maximum atomic E-state index is 11.0. The molecule has 0 aliphatic carbocycles. The highest BCUT2D eigenvalue weighted by atomic mass is 32.2. The van der Waals surface area contributed by atoms with Crippen LogP contribution in [0.1, 0.15) is 31.4 Å². The Kier molecular flexibility index (Phi) is 6.08. The molecule has 0 spiro atoms. The van der Waals surface area contributed by atoms with Gasteiger partial charge >= 0.3 is 5.97 Å². The summed E-state index contributed by atoms with van der Waals surface area (Å²) in [5, 5.41) is 9.86. The van der Waals surface area contributed by atoms with Crippen molar-refractivity contribution in [1.82, 2.24) is 0 Å².